The van der Waals surface area contributed by atoms with E-state index >= 15 is 0 Å². The Balaban J connectivity index is 1.85. The molecular formula is C18H18F3NO4. The number of halogens is 3. The molecule has 2 aromatic carbocycles. The Morgan fingerprint density at radius 2 is 1.77 bits per heavy atom. The van der Waals surface area contributed by atoms with Gasteiger partial charge in [0.15, 0.2) is 0 Å². The van der Waals surface area contributed by atoms with Crippen LogP contribution in [-0.2, 0) is 17.5 Å². The number of benzene rings is 2. The molecule has 0 fully saturated rings. The number of aliphatic hydroxyl groups excluding tert-OH is 2. The largest absolute Gasteiger partial charge is 0.445 e. The number of aliphatic hydroxyl groups is 2. The monoisotopic (exact) mass is 369 g/mol. The standard InChI is InChI=1S/C18H18F3NO4/c19-18(20,21)14-8-4-7-13(9-14)16(24)15(23)10-22-17(25)26-11-12-5-2-1-3-6-12/h1-9,15-16,23-24H,10-11H2,(H,22,25). The summed E-state index contributed by atoms with van der Waals surface area (Å²) in [7, 11) is 0. The number of carbonyl (C=O) groups excluding carboxylic acids is 1. The zero-order chi connectivity index (χ0) is 19.2. The van der Waals surface area contributed by atoms with E-state index in [1.165, 1.54) is 6.07 Å². The summed E-state index contributed by atoms with van der Waals surface area (Å²) in [6, 6.07) is 12.9. The molecule has 0 aliphatic heterocycles. The molecule has 0 aliphatic rings. The first-order chi connectivity index (χ1) is 12.3. The highest BCUT2D eigenvalue weighted by Crippen LogP contribution is 2.31. The predicted molar refractivity (Wildman–Crippen MR) is 87.0 cm³/mol. The van der Waals surface area contributed by atoms with Gasteiger partial charge in [-0.3, -0.25) is 0 Å². The Labute approximate surface area is 148 Å². The molecule has 2 unspecified atom stereocenters. The van der Waals surface area contributed by atoms with E-state index < -0.39 is 30.0 Å². The van der Waals surface area contributed by atoms with Gasteiger partial charge in [-0.05, 0) is 23.3 Å². The quantitative estimate of drug-likeness (QED) is 0.731. The van der Waals surface area contributed by atoms with Crippen LogP contribution in [0, 0.1) is 0 Å². The molecule has 8 heteroatoms. The molecule has 0 aromatic heterocycles. The summed E-state index contributed by atoms with van der Waals surface area (Å²) in [6.07, 6.45) is -8.46. The molecule has 0 spiro atoms. The average molecular weight is 369 g/mol. The highest BCUT2D eigenvalue weighted by molar-refractivity contribution is 5.67. The van der Waals surface area contributed by atoms with E-state index in [1.807, 2.05) is 6.07 Å². The SMILES string of the molecule is O=C(NCC(O)C(O)c1cccc(C(F)(F)F)c1)OCc1ccccc1. The molecule has 2 rings (SSSR count). The van der Waals surface area contributed by atoms with Gasteiger partial charge in [0.2, 0.25) is 0 Å². The summed E-state index contributed by atoms with van der Waals surface area (Å²) in [5.41, 5.74) is -0.268. The fourth-order valence-electron chi connectivity index (χ4n) is 2.19. The third-order valence-corrected chi connectivity index (χ3v) is 3.59. The second-order valence-corrected chi connectivity index (χ2v) is 5.58. The van der Waals surface area contributed by atoms with Crippen molar-refractivity contribution < 1.29 is 32.9 Å². The smallest absolute Gasteiger partial charge is 0.416 e. The number of alkyl halides is 3. The fraction of sp³-hybridized carbons (Fsp3) is 0.278. The van der Waals surface area contributed by atoms with E-state index in [4.69, 9.17) is 4.74 Å². The van der Waals surface area contributed by atoms with Crippen molar-refractivity contribution >= 4 is 6.09 Å². The van der Waals surface area contributed by atoms with Crippen LogP contribution in [0.3, 0.4) is 0 Å². The lowest BCUT2D eigenvalue weighted by Gasteiger charge is -2.19. The van der Waals surface area contributed by atoms with Crippen molar-refractivity contribution in [1.29, 1.82) is 0 Å². The lowest BCUT2D eigenvalue weighted by Crippen LogP contribution is -2.35. The van der Waals surface area contributed by atoms with E-state index in [0.29, 0.717) is 0 Å². The first-order valence-corrected chi connectivity index (χ1v) is 7.75. The number of ether oxygens (including phenoxy) is 1. The molecule has 0 saturated heterocycles. The molecule has 0 radical (unpaired) electrons. The third-order valence-electron chi connectivity index (χ3n) is 3.59. The molecule has 0 heterocycles. The second-order valence-electron chi connectivity index (χ2n) is 5.58. The number of alkyl carbamates (subject to hydrolysis) is 1. The van der Waals surface area contributed by atoms with Gasteiger partial charge in [-0.1, -0.05) is 42.5 Å². The Kier molecular flexibility index (Phi) is 6.59. The molecule has 0 aliphatic carbocycles. The minimum Gasteiger partial charge on any atom is -0.445 e. The van der Waals surface area contributed by atoms with Crippen molar-refractivity contribution in [2.45, 2.75) is 25.0 Å². The first kappa shape index (κ1) is 19.7. The van der Waals surface area contributed by atoms with Crippen molar-refractivity contribution in [2.24, 2.45) is 0 Å². The zero-order valence-electron chi connectivity index (χ0n) is 13.6. The van der Waals surface area contributed by atoms with Crippen LogP contribution in [0.2, 0.25) is 0 Å². The molecule has 26 heavy (non-hydrogen) atoms. The predicted octanol–water partition coefficient (Wildman–Crippen LogP) is 3.03. The summed E-state index contributed by atoms with van der Waals surface area (Å²) in [4.78, 5) is 11.6. The molecule has 0 saturated carbocycles. The molecule has 5 nitrogen and oxygen atoms in total. The summed E-state index contributed by atoms with van der Waals surface area (Å²) >= 11 is 0. The van der Waals surface area contributed by atoms with E-state index in [0.717, 1.165) is 23.8 Å². The number of amides is 1. The van der Waals surface area contributed by atoms with Gasteiger partial charge in [0, 0.05) is 6.54 Å². The Bertz CT molecular complexity index is 722. The summed E-state index contributed by atoms with van der Waals surface area (Å²) in [5, 5.41) is 22.1. The number of hydrogen-bond acceptors (Lipinski definition) is 4. The Morgan fingerprint density at radius 3 is 2.42 bits per heavy atom. The number of carbonyl (C=O) groups is 1. The normalized spacial score (nSPS) is 13.7. The van der Waals surface area contributed by atoms with Gasteiger partial charge in [0.25, 0.3) is 0 Å². The Morgan fingerprint density at radius 1 is 1.08 bits per heavy atom. The van der Waals surface area contributed by atoms with Gasteiger partial charge in [0.05, 0.1) is 5.56 Å². The fourth-order valence-corrected chi connectivity index (χ4v) is 2.19. The summed E-state index contributed by atoms with van der Waals surface area (Å²) in [6.45, 7) is -0.357. The highest BCUT2D eigenvalue weighted by atomic mass is 19.4. The van der Waals surface area contributed by atoms with Crippen molar-refractivity contribution in [3.63, 3.8) is 0 Å². The average Bonchev–Trinajstić information content (AvgIpc) is 2.64. The molecule has 3 N–H and O–H groups in total. The second kappa shape index (κ2) is 8.68. The molecule has 0 bridgehead atoms. The number of rotatable bonds is 6. The van der Waals surface area contributed by atoms with Crippen molar-refractivity contribution in [3.8, 4) is 0 Å². The van der Waals surface area contributed by atoms with E-state index in [2.05, 4.69) is 5.32 Å². The maximum Gasteiger partial charge on any atom is 0.416 e. The Hall–Kier alpha value is -2.58. The van der Waals surface area contributed by atoms with Crippen molar-refractivity contribution in [2.75, 3.05) is 6.54 Å². The van der Waals surface area contributed by atoms with E-state index in [-0.39, 0.29) is 18.7 Å². The summed E-state index contributed by atoms with van der Waals surface area (Å²) in [5.74, 6) is 0. The molecule has 2 atom stereocenters. The minimum atomic E-state index is -4.56. The third kappa shape index (κ3) is 5.75. The molecule has 140 valence electrons. The van der Waals surface area contributed by atoms with Crippen LogP contribution in [0.15, 0.2) is 54.6 Å². The molecule has 2 aromatic rings. The van der Waals surface area contributed by atoms with Crippen LogP contribution >= 0.6 is 0 Å². The maximum atomic E-state index is 12.7. The molecular weight excluding hydrogens is 351 g/mol. The van der Waals surface area contributed by atoms with Gasteiger partial charge < -0.3 is 20.3 Å². The number of nitrogens with one attached hydrogen (secondary N) is 1. The molecule has 1 amide bonds. The number of hydrogen-bond donors (Lipinski definition) is 3. The van der Waals surface area contributed by atoms with Crippen LogP contribution in [0.25, 0.3) is 0 Å². The lowest BCUT2D eigenvalue weighted by atomic mass is 10.0. The van der Waals surface area contributed by atoms with E-state index in [1.54, 1.807) is 24.3 Å². The van der Waals surface area contributed by atoms with E-state index in [9.17, 15) is 28.2 Å². The lowest BCUT2D eigenvalue weighted by molar-refractivity contribution is -0.137. The zero-order valence-corrected chi connectivity index (χ0v) is 13.6. The van der Waals surface area contributed by atoms with Crippen LogP contribution in [-0.4, -0.2) is 29.0 Å². The highest BCUT2D eigenvalue weighted by Gasteiger charge is 2.31. The van der Waals surface area contributed by atoms with Gasteiger partial charge in [-0.15, -0.1) is 0 Å². The minimum absolute atomic E-state index is 0.0267. The van der Waals surface area contributed by atoms with Gasteiger partial charge in [-0.25, -0.2) is 4.79 Å². The summed E-state index contributed by atoms with van der Waals surface area (Å²) < 4.78 is 43.0. The van der Waals surface area contributed by atoms with Crippen molar-refractivity contribution in [3.05, 3.63) is 71.3 Å². The van der Waals surface area contributed by atoms with Gasteiger partial charge in [-0.2, -0.15) is 13.2 Å². The van der Waals surface area contributed by atoms with Crippen molar-refractivity contribution in [1.82, 2.24) is 5.32 Å². The van der Waals surface area contributed by atoms with Gasteiger partial charge >= 0.3 is 12.3 Å². The van der Waals surface area contributed by atoms with Gasteiger partial charge in [0.1, 0.15) is 18.8 Å². The first-order valence-electron chi connectivity index (χ1n) is 7.75. The maximum absolute atomic E-state index is 12.7. The topological polar surface area (TPSA) is 78.8 Å². The van der Waals surface area contributed by atoms with Crippen LogP contribution in [0.5, 0.6) is 0 Å². The van der Waals surface area contributed by atoms with Crippen LogP contribution in [0.1, 0.15) is 22.8 Å². The van der Waals surface area contributed by atoms with Crippen LogP contribution < -0.4 is 5.32 Å². The van der Waals surface area contributed by atoms with Crippen LogP contribution in [0.4, 0.5) is 18.0 Å².